The molecule has 1 aliphatic heterocycles. The molecule has 0 spiro atoms. The number of halogens is 3. The van der Waals surface area contributed by atoms with Crippen LogP contribution in [0.3, 0.4) is 0 Å². The topological polar surface area (TPSA) is 49.6 Å². The number of piperazine rings is 1. The van der Waals surface area contributed by atoms with Gasteiger partial charge in [0.25, 0.3) is 5.69 Å². The Morgan fingerprint density at radius 2 is 2.05 bits per heavy atom. The van der Waals surface area contributed by atoms with E-state index in [0.717, 1.165) is 11.3 Å². The monoisotopic (exact) mass is 317 g/mol. The normalized spacial score (nSPS) is 20.2. The zero-order valence-corrected chi connectivity index (χ0v) is 12.4. The van der Waals surface area contributed by atoms with Crippen LogP contribution in [0.15, 0.2) is 18.2 Å². The smallest absolute Gasteiger partial charge is 0.368 e. The van der Waals surface area contributed by atoms with Crippen LogP contribution in [-0.4, -0.2) is 48.2 Å². The molecule has 1 aliphatic rings. The van der Waals surface area contributed by atoms with Crippen molar-refractivity contribution in [1.29, 1.82) is 0 Å². The fraction of sp³-hybridized carbons (Fsp3) is 0.571. The van der Waals surface area contributed by atoms with E-state index in [4.69, 9.17) is 0 Å². The summed E-state index contributed by atoms with van der Waals surface area (Å²) in [6.45, 7) is 3.89. The summed E-state index contributed by atoms with van der Waals surface area (Å²) in [5.41, 5.74) is 1.61. The summed E-state index contributed by atoms with van der Waals surface area (Å²) >= 11 is 0. The largest absolute Gasteiger partial charge is 0.401 e. The van der Waals surface area contributed by atoms with Gasteiger partial charge in [-0.05, 0) is 25.5 Å². The van der Waals surface area contributed by atoms with Crippen LogP contribution in [0.5, 0.6) is 0 Å². The van der Waals surface area contributed by atoms with Gasteiger partial charge in [-0.1, -0.05) is 0 Å². The summed E-state index contributed by atoms with van der Waals surface area (Å²) in [5, 5.41) is 10.7. The lowest BCUT2D eigenvalue weighted by Gasteiger charge is -2.41. The van der Waals surface area contributed by atoms with E-state index in [2.05, 4.69) is 0 Å². The minimum Gasteiger partial charge on any atom is -0.368 e. The Labute approximate surface area is 126 Å². The van der Waals surface area contributed by atoms with Crippen molar-refractivity contribution >= 4 is 11.4 Å². The highest BCUT2D eigenvalue weighted by atomic mass is 19.4. The molecule has 1 unspecified atom stereocenters. The average Bonchev–Trinajstić information content (AvgIpc) is 2.39. The van der Waals surface area contributed by atoms with E-state index < -0.39 is 17.6 Å². The predicted molar refractivity (Wildman–Crippen MR) is 77.1 cm³/mol. The molecule has 2 rings (SSSR count). The molecule has 122 valence electrons. The van der Waals surface area contributed by atoms with Crippen LogP contribution >= 0.6 is 0 Å². The van der Waals surface area contributed by atoms with Crippen molar-refractivity contribution in [3.8, 4) is 0 Å². The molecule has 1 aromatic carbocycles. The van der Waals surface area contributed by atoms with Gasteiger partial charge in [-0.15, -0.1) is 0 Å². The zero-order valence-electron chi connectivity index (χ0n) is 12.4. The van der Waals surface area contributed by atoms with Crippen LogP contribution in [0.2, 0.25) is 0 Å². The van der Waals surface area contributed by atoms with Crippen molar-refractivity contribution in [2.75, 3.05) is 31.1 Å². The van der Waals surface area contributed by atoms with E-state index in [1.165, 1.54) is 17.0 Å². The minimum atomic E-state index is -4.19. The van der Waals surface area contributed by atoms with Crippen LogP contribution in [0.1, 0.15) is 12.5 Å². The van der Waals surface area contributed by atoms with Crippen LogP contribution in [-0.2, 0) is 0 Å². The van der Waals surface area contributed by atoms with Gasteiger partial charge < -0.3 is 4.90 Å². The maximum absolute atomic E-state index is 12.5. The number of benzene rings is 1. The molecular formula is C14H18F3N3O2. The van der Waals surface area contributed by atoms with Crippen LogP contribution in [0.4, 0.5) is 24.5 Å². The van der Waals surface area contributed by atoms with Gasteiger partial charge in [0.05, 0.1) is 11.5 Å². The van der Waals surface area contributed by atoms with Crippen LogP contribution in [0.25, 0.3) is 0 Å². The highest BCUT2D eigenvalue weighted by Gasteiger charge is 2.35. The fourth-order valence-electron chi connectivity index (χ4n) is 2.79. The van der Waals surface area contributed by atoms with Crippen LogP contribution < -0.4 is 4.90 Å². The molecule has 0 aromatic heterocycles. The van der Waals surface area contributed by atoms with Crippen molar-refractivity contribution < 1.29 is 18.1 Å². The highest BCUT2D eigenvalue weighted by Crippen LogP contribution is 2.28. The summed E-state index contributed by atoms with van der Waals surface area (Å²) in [6.07, 6.45) is -4.19. The highest BCUT2D eigenvalue weighted by molar-refractivity contribution is 5.57. The summed E-state index contributed by atoms with van der Waals surface area (Å²) in [4.78, 5) is 13.7. The van der Waals surface area contributed by atoms with Gasteiger partial charge in [0, 0.05) is 43.5 Å². The number of aryl methyl sites for hydroxylation is 1. The Hall–Kier alpha value is -1.83. The fourth-order valence-corrected chi connectivity index (χ4v) is 2.79. The van der Waals surface area contributed by atoms with Crippen molar-refractivity contribution in [2.24, 2.45) is 0 Å². The standard InChI is InChI=1S/C14H18F3N3O2/c1-10-7-12(20(21)22)3-4-13(10)18-5-6-19(11(2)8-18)9-14(15,16)17/h3-4,7,11H,5-6,8-9H2,1-2H3. The first kappa shape index (κ1) is 16.5. The van der Waals surface area contributed by atoms with E-state index in [-0.39, 0.29) is 11.7 Å². The Balaban J connectivity index is 2.09. The molecule has 0 N–H and O–H groups in total. The van der Waals surface area contributed by atoms with Gasteiger partial charge in [0.1, 0.15) is 0 Å². The van der Waals surface area contributed by atoms with Gasteiger partial charge in [-0.2, -0.15) is 13.2 Å². The van der Waals surface area contributed by atoms with E-state index in [0.29, 0.717) is 19.6 Å². The summed E-state index contributed by atoms with van der Waals surface area (Å²) < 4.78 is 37.5. The number of alkyl halides is 3. The molecule has 22 heavy (non-hydrogen) atoms. The van der Waals surface area contributed by atoms with E-state index >= 15 is 0 Å². The first-order valence-electron chi connectivity index (χ1n) is 6.98. The van der Waals surface area contributed by atoms with Gasteiger partial charge in [-0.3, -0.25) is 15.0 Å². The Kier molecular flexibility index (Phi) is 4.60. The summed E-state index contributed by atoms with van der Waals surface area (Å²) in [6, 6.07) is 4.35. The first-order valence-corrected chi connectivity index (χ1v) is 6.98. The number of nitrogens with zero attached hydrogens (tertiary/aromatic N) is 3. The third-order valence-electron chi connectivity index (χ3n) is 3.88. The van der Waals surface area contributed by atoms with Crippen LogP contribution in [0, 0.1) is 17.0 Å². The number of non-ortho nitro benzene ring substituents is 1. The third-order valence-corrected chi connectivity index (χ3v) is 3.88. The maximum Gasteiger partial charge on any atom is 0.401 e. The molecule has 1 aromatic rings. The molecule has 1 heterocycles. The molecule has 0 aliphatic carbocycles. The summed E-state index contributed by atoms with van der Waals surface area (Å²) in [7, 11) is 0. The van der Waals surface area contributed by atoms with Crippen molar-refractivity contribution in [2.45, 2.75) is 26.1 Å². The minimum absolute atomic E-state index is 0.0185. The number of hydrogen-bond donors (Lipinski definition) is 0. The second-order valence-electron chi connectivity index (χ2n) is 5.61. The molecule has 5 nitrogen and oxygen atoms in total. The zero-order chi connectivity index (χ0) is 16.5. The Morgan fingerprint density at radius 1 is 1.36 bits per heavy atom. The lowest BCUT2D eigenvalue weighted by atomic mass is 10.1. The quantitative estimate of drug-likeness (QED) is 0.635. The first-order chi connectivity index (χ1) is 10.2. The molecule has 8 heteroatoms. The van der Waals surface area contributed by atoms with Crippen molar-refractivity contribution in [1.82, 2.24) is 4.90 Å². The van der Waals surface area contributed by atoms with Crippen molar-refractivity contribution in [3.05, 3.63) is 33.9 Å². The number of rotatable bonds is 3. The second kappa shape index (κ2) is 6.12. The van der Waals surface area contributed by atoms with E-state index in [1.807, 2.05) is 4.90 Å². The molecule has 1 saturated heterocycles. The Morgan fingerprint density at radius 3 is 2.55 bits per heavy atom. The molecule has 0 amide bonds. The lowest BCUT2D eigenvalue weighted by Crippen LogP contribution is -2.54. The van der Waals surface area contributed by atoms with Gasteiger partial charge >= 0.3 is 6.18 Å². The van der Waals surface area contributed by atoms with Gasteiger partial charge in [-0.25, -0.2) is 0 Å². The molecule has 0 radical (unpaired) electrons. The molecule has 0 saturated carbocycles. The third kappa shape index (κ3) is 3.88. The van der Waals surface area contributed by atoms with Crippen molar-refractivity contribution in [3.63, 3.8) is 0 Å². The number of anilines is 1. The van der Waals surface area contributed by atoms with E-state index in [1.54, 1.807) is 19.9 Å². The van der Waals surface area contributed by atoms with E-state index in [9.17, 15) is 23.3 Å². The number of nitro benzene ring substituents is 1. The number of nitro groups is 1. The molecule has 0 bridgehead atoms. The predicted octanol–water partition coefficient (Wildman–Crippen LogP) is 2.98. The maximum atomic E-state index is 12.5. The average molecular weight is 317 g/mol. The van der Waals surface area contributed by atoms with Gasteiger partial charge in [0.15, 0.2) is 0 Å². The molecular weight excluding hydrogens is 299 g/mol. The summed E-state index contributed by atoms with van der Waals surface area (Å²) in [5.74, 6) is 0. The lowest BCUT2D eigenvalue weighted by molar-refractivity contribution is -0.384. The van der Waals surface area contributed by atoms with Gasteiger partial charge in [0.2, 0.25) is 0 Å². The molecule has 1 fully saturated rings. The SMILES string of the molecule is Cc1cc([N+](=O)[O-])ccc1N1CCN(CC(F)(F)F)C(C)C1. The number of hydrogen-bond acceptors (Lipinski definition) is 4. The second-order valence-corrected chi connectivity index (χ2v) is 5.61. The Bertz CT molecular complexity index is 563. The molecule has 1 atom stereocenters.